The first-order valence-electron chi connectivity index (χ1n) is 10.9. The van der Waals surface area contributed by atoms with Crippen molar-refractivity contribution in [3.05, 3.63) is 42.0 Å². The van der Waals surface area contributed by atoms with E-state index in [-0.39, 0.29) is 5.41 Å². The predicted octanol–water partition coefficient (Wildman–Crippen LogP) is 3.99. The van der Waals surface area contributed by atoms with Gasteiger partial charge in [-0.3, -0.25) is 4.90 Å². The minimum atomic E-state index is 0.219. The number of likely N-dealkylation sites (tertiary alicyclic amines) is 1. The molecule has 0 aromatic carbocycles. The first-order valence-corrected chi connectivity index (χ1v) is 10.9. The van der Waals surface area contributed by atoms with Gasteiger partial charge in [0.15, 0.2) is 0 Å². The van der Waals surface area contributed by atoms with Gasteiger partial charge in [0.2, 0.25) is 5.95 Å². The maximum Gasteiger partial charge on any atom is 0.227 e. The summed E-state index contributed by atoms with van der Waals surface area (Å²) in [6, 6.07) is 7.88. The highest BCUT2D eigenvalue weighted by Crippen LogP contribution is 2.34. The minimum Gasteiger partial charge on any atom is -0.323 e. The van der Waals surface area contributed by atoms with Gasteiger partial charge in [-0.2, -0.15) is 5.26 Å². The number of anilines is 2. The number of nitriles is 1. The molecule has 0 saturated carbocycles. The Hall–Kier alpha value is -2.56. The predicted molar refractivity (Wildman–Crippen MR) is 119 cm³/mol. The third kappa shape index (κ3) is 5.74. The van der Waals surface area contributed by atoms with Gasteiger partial charge in [-0.15, -0.1) is 0 Å². The fourth-order valence-electron chi connectivity index (χ4n) is 4.28. The lowest BCUT2D eigenvalue weighted by Gasteiger charge is -2.37. The lowest BCUT2D eigenvalue weighted by atomic mass is 9.91. The standard InChI is InChI=1S/C23H33N7/c1-5-29(6-2)16-23(3,4)17-30-13-7-8-21(30)20-11-12-25-22(28-20)27-19-10-9-18(14-24)26-15-19/h9-12,15,21H,5-8,13,16-17H2,1-4H3,(H,25,27,28)/t21-/m1/s1. The Morgan fingerprint density at radius 3 is 2.70 bits per heavy atom. The number of rotatable bonds is 9. The SMILES string of the molecule is CCN(CC)CC(C)(C)CN1CCC[C@@H]1c1ccnc(Nc2ccc(C#N)nc2)n1. The van der Waals surface area contributed by atoms with E-state index in [1.54, 1.807) is 12.3 Å². The summed E-state index contributed by atoms with van der Waals surface area (Å²) in [6.45, 7) is 14.7. The van der Waals surface area contributed by atoms with Gasteiger partial charge in [-0.1, -0.05) is 27.7 Å². The Balaban J connectivity index is 1.69. The summed E-state index contributed by atoms with van der Waals surface area (Å²) in [5.74, 6) is 0.563. The van der Waals surface area contributed by atoms with Crippen molar-refractivity contribution in [2.75, 3.05) is 38.0 Å². The first kappa shape index (κ1) is 22.1. The number of nitrogens with one attached hydrogen (secondary N) is 1. The number of hydrogen-bond acceptors (Lipinski definition) is 7. The van der Waals surface area contributed by atoms with Crippen LogP contribution >= 0.6 is 0 Å². The molecule has 1 fully saturated rings. The van der Waals surface area contributed by atoms with E-state index >= 15 is 0 Å². The average molecular weight is 408 g/mol. The topological polar surface area (TPSA) is 81.0 Å². The fourth-order valence-corrected chi connectivity index (χ4v) is 4.28. The lowest BCUT2D eigenvalue weighted by molar-refractivity contribution is 0.117. The van der Waals surface area contributed by atoms with Crippen molar-refractivity contribution in [3.8, 4) is 6.07 Å². The number of hydrogen-bond donors (Lipinski definition) is 1. The van der Waals surface area contributed by atoms with Gasteiger partial charge >= 0.3 is 0 Å². The largest absolute Gasteiger partial charge is 0.323 e. The van der Waals surface area contributed by atoms with Gasteiger partial charge < -0.3 is 10.2 Å². The molecule has 0 amide bonds. The monoisotopic (exact) mass is 407 g/mol. The van der Waals surface area contributed by atoms with Crippen LogP contribution in [0.1, 0.15) is 58.0 Å². The normalized spacial score (nSPS) is 17.3. The molecule has 2 aromatic rings. The van der Waals surface area contributed by atoms with Crippen LogP contribution < -0.4 is 5.32 Å². The molecule has 3 rings (SSSR count). The van der Waals surface area contributed by atoms with Crippen LogP contribution in [-0.4, -0.2) is 57.5 Å². The number of nitrogens with zero attached hydrogens (tertiary/aromatic N) is 6. The molecule has 0 bridgehead atoms. The van der Waals surface area contributed by atoms with Crippen LogP contribution in [-0.2, 0) is 0 Å². The Bertz CT molecular complexity index is 853. The zero-order valence-corrected chi connectivity index (χ0v) is 18.6. The van der Waals surface area contributed by atoms with E-state index in [0.29, 0.717) is 17.7 Å². The van der Waals surface area contributed by atoms with E-state index in [0.717, 1.165) is 50.5 Å². The summed E-state index contributed by atoms with van der Waals surface area (Å²) >= 11 is 0. The zero-order valence-electron chi connectivity index (χ0n) is 18.6. The third-order valence-electron chi connectivity index (χ3n) is 5.69. The fraction of sp³-hybridized carbons (Fsp3) is 0.565. The Morgan fingerprint density at radius 2 is 2.03 bits per heavy atom. The molecule has 2 aromatic heterocycles. The number of pyridine rings is 1. The van der Waals surface area contributed by atoms with Crippen molar-refractivity contribution < 1.29 is 0 Å². The molecule has 0 spiro atoms. The quantitative estimate of drug-likeness (QED) is 0.673. The van der Waals surface area contributed by atoms with Crippen LogP contribution in [0.15, 0.2) is 30.6 Å². The van der Waals surface area contributed by atoms with E-state index in [1.807, 2.05) is 24.4 Å². The summed E-state index contributed by atoms with van der Waals surface area (Å²) in [6.07, 6.45) is 5.76. The van der Waals surface area contributed by atoms with Gasteiger partial charge in [-0.05, 0) is 56.1 Å². The summed E-state index contributed by atoms with van der Waals surface area (Å²) in [4.78, 5) is 18.3. The molecule has 30 heavy (non-hydrogen) atoms. The van der Waals surface area contributed by atoms with E-state index in [1.165, 1.54) is 6.42 Å². The minimum absolute atomic E-state index is 0.219. The van der Waals surface area contributed by atoms with Crippen LogP contribution in [0.5, 0.6) is 0 Å². The van der Waals surface area contributed by atoms with E-state index in [4.69, 9.17) is 10.2 Å². The summed E-state index contributed by atoms with van der Waals surface area (Å²) < 4.78 is 0. The Kier molecular flexibility index (Phi) is 7.35. The third-order valence-corrected chi connectivity index (χ3v) is 5.69. The maximum atomic E-state index is 8.89. The molecule has 0 aliphatic carbocycles. The highest BCUT2D eigenvalue weighted by Gasteiger charge is 2.32. The van der Waals surface area contributed by atoms with Gasteiger partial charge in [0.1, 0.15) is 11.8 Å². The van der Waals surface area contributed by atoms with Crippen molar-refractivity contribution >= 4 is 11.6 Å². The summed E-state index contributed by atoms with van der Waals surface area (Å²) in [5, 5.41) is 12.1. The molecule has 7 nitrogen and oxygen atoms in total. The molecule has 1 aliphatic rings. The van der Waals surface area contributed by atoms with Gasteiger partial charge in [-0.25, -0.2) is 15.0 Å². The Morgan fingerprint density at radius 1 is 1.23 bits per heavy atom. The smallest absolute Gasteiger partial charge is 0.227 e. The van der Waals surface area contributed by atoms with Crippen molar-refractivity contribution in [3.63, 3.8) is 0 Å². The second-order valence-corrected chi connectivity index (χ2v) is 8.73. The van der Waals surface area contributed by atoms with Crippen LogP contribution in [0.2, 0.25) is 0 Å². The molecule has 0 radical (unpaired) electrons. The molecule has 3 heterocycles. The van der Waals surface area contributed by atoms with Crippen LogP contribution in [0.25, 0.3) is 0 Å². The molecule has 1 saturated heterocycles. The van der Waals surface area contributed by atoms with Gasteiger partial charge in [0.05, 0.1) is 23.6 Å². The molecule has 0 unspecified atom stereocenters. The van der Waals surface area contributed by atoms with Crippen molar-refractivity contribution in [2.24, 2.45) is 5.41 Å². The van der Waals surface area contributed by atoms with Crippen LogP contribution in [0.4, 0.5) is 11.6 Å². The van der Waals surface area contributed by atoms with E-state index < -0.39 is 0 Å². The van der Waals surface area contributed by atoms with Crippen molar-refractivity contribution in [2.45, 2.75) is 46.6 Å². The van der Waals surface area contributed by atoms with Crippen LogP contribution in [0.3, 0.4) is 0 Å². The van der Waals surface area contributed by atoms with Crippen molar-refractivity contribution in [1.82, 2.24) is 24.8 Å². The molecule has 1 aliphatic heterocycles. The zero-order chi connectivity index (χ0) is 21.6. The Labute approximate surface area is 180 Å². The summed E-state index contributed by atoms with van der Waals surface area (Å²) in [7, 11) is 0. The molecule has 160 valence electrons. The highest BCUT2D eigenvalue weighted by molar-refractivity contribution is 5.52. The molecular formula is C23H33N7. The average Bonchev–Trinajstić information content (AvgIpc) is 3.20. The molecule has 1 atom stereocenters. The van der Waals surface area contributed by atoms with Crippen LogP contribution in [0, 0.1) is 16.7 Å². The second-order valence-electron chi connectivity index (χ2n) is 8.73. The lowest BCUT2D eigenvalue weighted by Crippen LogP contribution is -2.42. The number of aromatic nitrogens is 3. The molecular weight excluding hydrogens is 374 g/mol. The maximum absolute atomic E-state index is 8.89. The van der Waals surface area contributed by atoms with Gasteiger partial charge in [0.25, 0.3) is 0 Å². The van der Waals surface area contributed by atoms with Gasteiger partial charge in [0, 0.05) is 19.3 Å². The van der Waals surface area contributed by atoms with Crippen molar-refractivity contribution in [1.29, 1.82) is 5.26 Å². The highest BCUT2D eigenvalue weighted by atomic mass is 15.2. The van der Waals surface area contributed by atoms with E-state index in [9.17, 15) is 0 Å². The van der Waals surface area contributed by atoms with E-state index in [2.05, 4.69) is 52.8 Å². The molecule has 7 heteroatoms. The molecule has 1 N–H and O–H groups in total. The first-order chi connectivity index (χ1) is 14.4. The summed E-state index contributed by atoms with van der Waals surface area (Å²) in [5.41, 5.74) is 2.45. The second kappa shape index (κ2) is 9.96.